The van der Waals surface area contributed by atoms with E-state index in [1.165, 1.54) is 0 Å². The summed E-state index contributed by atoms with van der Waals surface area (Å²) in [7, 11) is 0. The van der Waals surface area contributed by atoms with Gasteiger partial charge in [0.25, 0.3) is 0 Å². The number of carbonyl (C=O) groups is 1. The molecule has 1 heterocycles. The van der Waals surface area contributed by atoms with E-state index in [1.54, 1.807) is 4.90 Å². The quantitative estimate of drug-likeness (QED) is 0.633. The van der Waals surface area contributed by atoms with Crippen LogP contribution in [0.5, 0.6) is 0 Å². The van der Waals surface area contributed by atoms with Crippen molar-refractivity contribution in [1.29, 1.82) is 0 Å². The molecule has 0 aromatic heterocycles. The predicted molar refractivity (Wildman–Crippen MR) is 57.2 cm³/mol. The maximum atomic E-state index is 13.0. The third-order valence-corrected chi connectivity index (χ3v) is 3.54. The van der Waals surface area contributed by atoms with Crippen LogP contribution in [0.25, 0.3) is 0 Å². The Morgan fingerprint density at radius 3 is 2.50 bits per heavy atom. The summed E-state index contributed by atoms with van der Waals surface area (Å²) < 4.78 is 26.0. The number of amides is 1. The second-order valence-corrected chi connectivity index (χ2v) is 4.87. The SMILES string of the molecule is C=C1CCN(C(=O)C2CCC(F)(F)C2)CC1. The largest absolute Gasteiger partial charge is 0.342 e. The van der Waals surface area contributed by atoms with Gasteiger partial charge in [-0.15, -0.1) is 0 Å². The fourth-order valence-electron chi connectivity index (χ4n) is 2.46. The molecule has 0 radical (unpaired) electrons. The van der Waals surface area contributed by atoms with Crippen molar-refractivity contribution >= 4 is 5.91 Å². The summed E-state index contributed by atoms with van der Waals surface area (Å²) in [5.74, 6) is -3.16. The van der Waals surface area contributed by atoms with E-state index in [0.29, 0.717) is 19.5 Å². The Balaban J connectivity index is 1.91. The summed E-state index contributed by atoms with van der Waals surface area (Å²) in [6, 6.07) is 0. The van der Waals surface area contributed by atoms with Crippen LogP contribution in [0, 0.1) is 5.92 Å². The molecule has 1 aliphatic heterocycles. The molecule has 2 aliphatic rings. The maximum absolute atomic E-state index is 13.0. The van der Waals surface area contributed by atoms with E-state index in [9.17, 15) is 13.6 Å². The number of nitrogens with zero attached hydrogens (tertiary/aromatic N) is 1. The molecule has 1 unspecified atom stereocenters. The molecular weight excluding hydrogens is 212 g/mol. The van der Waals surface area contributed by atoms with Gasteiger partial charge in [-0.2, -0.15) is 0 Å². The lowest BCUT2D eigenvalue weighted by Crippen LogP contribution is -2.39. The van der Waals surface area contributed by atoms with Crippen LogP contribution in [0.3, 0.4) is 0 Å². The van der Waals surface area contributed by atoms with Crippen molar-refractivity contribution in [2.24, 2.45) is 5.92 Å². The van der Waals surface area contributed by atoms with Crippen molar-refractivity contribution in [1.82, 2.24) is 4.90 Å². The van der Waals surface area contributed by atoms with Gasteiger partial charge in [0.2, 0.25) is 11.8 Å². The van der Waals surface area contributed by atoms with Crippen LogP contribution >= 0.6 is 0 Å². The number of carbonyl (C=O) groups excluding carboxylic acids is 1. The van der Waals surface area contributed by atoms with Gasteiger partial charge in [-0.25, -0.2) is 8.78 Å². The zero-order chi connectivity index (χ0) is 11.8. The van der Waals surface area contributed by atoms with Crippen LogP contribution in [0.4, 0.5) is 8.78 Å². The highest BCUT2D eigenvalue weighted by atomic mass is 19.3. The van der Waals surface area contributed by atoms with Crippen LogP contribution < -0.4 is 0 Å². The zero-order valence-corrected chi connectivity index (χ0v) is 9.35. The van der Waals surface area contributed by atoms with E-state index in [0.717, 1.165) is 18.4 Å². The van der Waals surface area contributed by atoms with Gasteiger partial charge in [-0.05, 0) is 19.3 Å². The van der Waals surface area contributed by atoms with Gasteiger partial charge in [0.05, 0.1) is 0 Å². The fourth-order valence-corrected chi connectivity index (χ4v) is 2.46. The van der Waals surface area contributed by atoms with Gasteiger partial charge in [0.15, 0.2) is 0 Å². The van der Waals surface area contributed by atoms with Crippen LogP contribution in [0.15, 0.2) is 12.2 Å². The zero-order valence-electron chi connectivity index (χ0n) is 9.35. The van der Waals surface area contributed by atoms with E-state index < -0.39 is 11.8 Å². The molecule has 1 aliphatic carbocycles. The summed E-state index contributed by atoms with van der Waals surface area (Å²) in [4.78, 5) is 13.7. The van der Waals surface area contributed by atoms with Crippen molar-refractivity contribution in [2.45, 2.75) is 38.0 Å². The number of hydrogen-bond donors (Lipinski definition) is 0. The molecule has 0 N–H and O–H groups in total. The molecule has 1 saturated carbocycles. The number of piperidine rings is 1. The normalized spacial score (nSPS) is 29.5. The van der Waals surface area contributed by atoms with Crippen molar-refractivity contribution in [3.63, 3.8) is 0 Å². The molecular formula is C12H17F2NO. The Morgan fingerprint density at radius 2 is 2.00 bits per heavy atom. The molecule has 2 rings (SSSR count). The molecule has 2 nitrogen and oxygen atoms in total. The summed E-state index contributed by atoms with van der Waals surface area (Å²) >= 11 is 0. The van der Waals surface area contributed by atoms with Gasteiger partial charge in [0, 0.05) is 31.8 Å². The van der Waals surface area contributed by atoms with Crippen molar-refractivity contribution in [2.75, 3.05) is 13.1 Å². The van der Waals surface area contributed by atoms with E-state index in [4.69, 9.17) is 0 Å². The monoisotopic (exact) mass is 229 g/mol. The van der Waals surface area contributed by atoms with E-state index in [2.05, 4.69) is 6.58 Å². The van der Waals surface area contributed by atoms with Gasteiger partial charge in [0.1, 0.15) is 0 Å². The summed E-state index contributed by atoms with van der Waals surface area (Å²) in [6.07, 6.45) is 1.57. The standard InChI is InChI=1S/C12H17F2NO/c1-9-3-6-15(7-4-9)11(16)10-2-5-12(13,14)8-10/h10H,1-8H2. The van der Waals surface area contributed by atoms with Crippen LogP contribution in [0.2, 0.25) is 0 Å². The summed E-state index contributed by atoms with van der Waals surface area (Å²) in [5.41, 5.74) is 1.15. The highest BCUT2D eigenvalue weighted by Crippen LogP contribution is 2.39. The summed E-state index contributed by atoms with van der Waals surface area (Å²) in [6.45, 7) is 5.18. The first-order valence-corrected chi connectivity index (χ1v) is 5.81. The van der Waals surface area contributed by atoms with Gasteiger partial charge >= 0.3 is 0 Å². The minimum absolute atomic E-state index is 0.0790. The number of rotatable bonds is 1. The number of halogens is 2. The third kappa shape index (κ3) is 2.42. The molecule has 0 spiro atoms. The average molecular weight is 229 g/mol. The molecule has 2 fully saturated rings. The Bertz CT molecular complexity index is 304. The molecule has 1 atom stereocenters. The lowest BCUT2D eigenvalue weighted by atomic mass is 10.0. The molecule has 1 amide bonds. The van der Waals surface area contributed by atoms with Crippen LogP contribution in [-0.2, 0) is 4.79 Å². The number of hydrogen-bond acceptors (Lipinski definition) is 1. The Labute approximate surface area is 94.3 Å². The maximum Gasteiger partial charge on any atom is 0.248 e. The Hall–Kier alpha value is -0.930. The molecule has 90 valence electrons. The first kappa shape index (κ1) is 11.6. The fraction of sp³-hybridized carbons (Fsp3) is 0.750. The molecule has 0 aromatic rings. The Morgan fingerprint density at radius 1 is 1.38 bits per heavy atom. The lowest BCUT2D eigenvalue weighted by molar-refractivity contribution is -0.136. The average Bonchev–Trinajstić information content (AvgIpc) is 2.59. The van der Waals surface area contributed by atoms with Gasteiger partial charge in [-0.3, -0.25) is 4.79 Å². The van der Waals surface area contributed by atoms with Gasteiger partial charge in [-0.1, -0.05) is 12.2 Å². The van der Waals surface area contributed by atoms with E-state index >= 15 is 0 Å². The number of alkyl halides is 2. The smallest absolute Gasteiger partial charge is 0.248 e. The summed E-state index contributed by atoms with van der Waals surface area (Å²) in [5, 5.41) is 0. The van der Waals surface area contributed by atoms with Crippen molar-refractivity contribution in [3.8, 4) is 0 Å². The molecule has 16 heavy (non-hydrogen) atoms. The second kappa shape index (κ2) is 4.15. The molecule has 4 heteroatoms. The Kier molecular flexibility index (Phi) is 3.00. The lowest BCUT2D eigenvalue weighted by Gasteiger charge is -2.30. The highest BCUT2D eigenvalue weighted by molar-refractivity contribution is 5.79. The highest BCUT2D eigenvalue weighted by Gasteiger charge is 2.43. The first-order chi connectivity index (χ1) is 7.48. The minimum Gasteiger partial charge on any atom is -0.342 e. The minimum atomic E-state index is -2.63. The van der Waals surface area contributed by atoms with E-state index in [1.807, 2.05) is 0 Å². The number of likely N-dealkylation sites (tertiary alicyclic amines) is 1. The van der Waals surface area contributed by atoms with Crippen LogP contribution in [0.1, 0.15) is 32.1 Å². The second-order valence-electron chi connectivity index (χ2n) is 4.87. The van der Waals surface area contributed by atoms with E-state index in [-0.39, 0.29) is 18.7 Å². The van der Waals surface area contributed by atoms with Crippen molar-refractivity contribution < 1.29 is 13.6 Å². The molecule has 1 saturated heterocycles. The first-order valence-electron chi connectivity index (χ1n) is 5.81. The molecule has 0 aromatic carbocycles. The molecule has 0 bridgehead atoms. The van der Waals surface area contributed by atoms with Crippen molar-refractivity contribution in [3.05, 3.63) is 12.2 Å². The predicted octanol–water partition coefficient (Wildman–Crippen LogP) is 2.60. The third-order valence-electron chi connectivity index (χ3n) is 3.54. The topological polar surface area (TPSA) is 20.3 Å². The van der Waals surface area contributed by atoms with Gasteiger partial charge < -0.3 is 4.90 Å². The van der Waals surface area contributed by atoms with Crippen LogP contribution in [-0.4, -0.2) is 29.8 Å².